The lowest BCUT2D eigenvalue weighted by Gasteiger charge is -2.10. The number of hydrazone groups is 1. The highest BCUT2D eigenvalue weighted by Crippen LogP contribution is 2.39. The Morgan fingerprint density at radius 2 is 1.78 bits per heavy atom. The number of anilines is 1. The van der Waals surface area contributed by atoms with Crippen molar-refractivity contribution < 1.29 is 9.84 Å². The fourth-order valence-electron chi connectivity index (χ4n) is 1.70. The van der Waals surface area contributed by atoms with Crippen molar-refractivity contribution in [3.05, 3.63) is 47.8 Å². The Hall–Kier alpha value is -0.660. The van der Waals surface area contributed by atoms with Gasteiger partial charge in [0.15, 0.2) is 11.5 Å². The molecule has 0 saturated heterocycles. The SMILES string of the molecule is COc1cc(Br)c(Br)c(/C=N/Nc2c(Cl)cc(Cl)cc2Cl)c1O. The van der Waals surface area contributed by atoms with Crippen LogP contribution < -0.4 is 10.2 Å². The highest BCUT2D eigenvalue weighted by Gasteiger charge is 2.14. The van der Waals surface area contributed by atoms with E-state index in [4.69, 9.17) is 39.5 Å². The highest BCUT2D eigenvalue weighted by atomic mass is 79.9. The highest BCUT2D eigenvalue weighted by molar-refractivity contribution is 9.13. The van der Waals surface area contributed by atoms with Gasteiger partial charge in [-0.25, -0.2) is 0 Å². The summed E-state index contributed by atoms with van der Waals surface area (Å²) in [5, 5.41) is 15.3. The van der Waals surface area contributed by atoms with E-state index in [0.717, 1.165) is 0 Å². The molecule has 2 rings (SSSR count). The molecular weight excluding hydrogens is 494 g/mol. The van der Waals surface area contributed by atoms with Crippen molar-refractivity contribution in [2.24, 2.45) is 5.10 Å². The van der Waals surface area contributed by atoms with Crippen LogP contribution in [0.25, 0.3) is 0 Å². The maximum absolute atomic E-state index is 10.2. The summed E-state index contributed by atoms with van der Waals surface area (Å²) in [6.45, 7) is 0. The van der Waals surface area contributed by atoms with Gasteiger partial charge >= 0.3 is 0 Å². The second-order valence-electron chi connectivity index (χ2n) is 4.25. The molecule has 0 aliphatic heterocycles. The van der Waals surface area contributed by atoms with Crippen molar-refractivity contribution in [3.63, 3.8) is 0 Å². The first-order valence-corrected chi connectivity index (χ1v) is 8.75. The van der Waals surface area contributed by atoms with Gasteiger partial charge in [-0.1, -0.05) is 34.8 Å². The van der Waals surface area contributed by atoms with E-state index < -0.39 is 0 Å². The predicted octanol–water partition coefficient (Wildman–Crippen LogP) is 6.33. The maximum atomic E-state index is 10.2. The number of hydrogen-bond donors (Lipinski definition) is 2. The minimum atomic E-state index is -0.0542. The first kappa shape index (κ1) is 18.7. The smallest absolute Gasteiger partial charge is 0.167 e. The summed E-state index contributed by atoms with van der Waals surface area (Å²) in [6.07, 6.45) is 1.41. The molecule has 0 heterocycles. The Labute approximate surface area is 164 Å². The van der Waals surface area contributed by atoms with E-state index in [9.17, 15) is 5.11 Å². The predicted molar refractivity (Wildman–Crippen MR) is 103 cm³/mol. The van der Waals surface area contributed by atoms with Crippen LogP contribution in [0.3, 0.4) is 0 Å². The molecule has 0 aromatic heterocycles. The van der Waals surface area contributed by atoms with Gasteiger partial charge in [-0.2, -0.15) is 5.10 Å². The van der Waals surface area contributed by atoms with Crippen LogP contribution >= 0.6 is 66.7 Å². The van der Waals surface area contributed by atoms with Gasteiger partial charge in [-0.15, -0.1) is 0 Å². The molecule has 0 aliphatic rings. The number of benzene rings is 2. The molecule has 2 aromatic carbocycles. The molecule has 0 atom stereocenters. The molecule has 0 aliphatic carbocycles. The standard InChI is InChI=1S/C14H9Br2Cl3N2O2/c1-23-11-4-8(15)12(16)7(14(11)22)5-20-21-13-9(18)2-6(17)3-10(13)19/h2-5,21-22H,1H3/b20-5+. The Kier molecular flexibility index (Phi) is 6.45. The third kappa shape index (κ3) is 4.25. The molecule has 9 heteroatoms. The number of nitrogens with zero attached hydrogens (tertiary/aromatic N) is 1. The van der Waals surface area contributed by atoms with E-state index in [0.29, 0.717) is 41.0 Å². The third-order valence-corrected chi connectivity index (χ3v) is 5.62. The van der Waals surface area contributed by atoms with Crippen LogP contribution in [0.5, 0.6) is 11.5 Å². The number of methoxy groups -OCH3 is 1. The normalized spacial score (nSPS) is 11.0. The lowest BCUT2D eigenvalue weighted by molar-refractivity contribution is 0.372. The van der Waals surface area contributed by atoms with Crippen LogP contribution in [-0.2, 0) is 0 Å². The summed E-state index contributed by atoms with van der Waals surface area (Å²) in [5.74, 6) is 0.255. The summed E-state index contributed by atoms with van der Waals surface area (Å²) in [4.78, 5) is 0. The summed E-state index contributed by atoms with van der Waals surface area (Å²) < 4.78 is 6.42. The summed E-state index contributed by atoms with van der Waals surface area (Å²) >= 11 is 24.7. The minimum absolute atomic E-state index is 0.0542. The largest absolute Gasteiger partial charge is 0.504 e. The minimum Gasteiger partial charge on any atom is -0.504 e. The van der Waals surface area contributed by atoms with Crippen LogP contribution in [0, 0.1) is 0 Å². The van der Waals surface area contributed by atoms with Crippen molar-refractivity contribution >= 4 is 78.6 Å². The second kappa shape index (κ2) is 7.94. The van der Waals surface area contributed by atoms with Crippen LogP contribution in [0.1, 0.15) is 5.56 Å². The third-order valence-electron chi connectivity index (χ3n) is 2.79. The van der Waals surface area contributed by atoms with Gasteiger partial charge in [0.05, 0.1) is 34.6 Å². The van der Waals surface area contributed by atoms with Crippen molar-refractivity contribution in [1.29, 1.82) is 0 Å². The zero-order valence-electron chi connectivity index (χ0n) is 11.5. The number of hydrogen-bond acceptors (Lipinski definition) is 4. The van der Waals surface area contributed by atoms with Crippen molar-refractivity contribution in [2.75, 3.05) is 12.5 Å². The quantitative estimate of drug-likeness (QED) is 0.379. The van der Waals surface area contributed by atoms with Gasteiger partial charge in [-0.05, 0) is 50.1 Å². The molecule has 2 N–H and O–H groups in total. The first-order chi connectivity index (χ1) is 10.8. The Bertz CT molecular complexity index is 762. The number of rotatable bonds is 4. The van der Waals surface area contributed by atoms with Gasteiger partial charge < -0.3 is 9.84 Å². The van der Waals surface area contributed by atoms with Gasteiger partial charge in [0.1, 0.15) is 0 Å². The average Bonchev–Trinajstić information content (AvgIpc) is 2.48. The molecule has 0 spiro atoms. The number of phenolic OH excluding ortho intramolecular Hbond substituents is 1. The van der Waals surface area contributed by atoms with Gasteiger partial charge in [0.2, 0.25) is 0 Å². The van der Waals surface area contributed by atoms with Crippen LogP contribution in [-0.4, -0.2) is 18.4 Å². The fourth-order valence-corrected chi connectivity index (χ4v) is 3.42. The van der Waals surface area contributed by atoms with Gasteiger partial charge in [-0.3, -0.25) is 5.43 Å². The summed E-state index contributed by atoms with van der Waals surface area (Å²) in [5.41, 5.74) is 3.56. The number of phenols is 1. The lowest BCUT2D eigenvalue weighted by Crippen LogP contribution is -1.96. The second-order valence-corrected chi connectivity index (χ2v) is 7.15. The van der Waals surface area contributed by atoms with E-state index in [1.807, 2.05) is 0 Å². The Morgan fingerprint density at radius 1 is 1.17 bits per heavy atom. The topological polar surface area (TPSA) is 53.8 Å². The zero-order chi connectivity index (χ0) is 17.1. The summed E-state index contributed by atoms with van der Waals surface area (Å²) in [7, 11) is 1.46. The molecule has 0 fully saturated rings. The number of ether oxygens (including phenoxy) is 1. The number of nitrogens with one attached hydrogen (secondary N) is 1. The van der Waals surface area contributed by atoms with Gasteiger partial charge in [0, 0.05) is 14.0 Å². The van der Waals surface area contributed by atoms with Crippen molar-refractivity contribution in [3.8, 4) is 11.5 Å². The van der Waals surface area contributed by atoms with E-state index in [1.54, 1.807) is 18.2 Å². The fraction of sp³-hybridized carbons (Fsp3) is 0.0714. The first-order valence-electron chi connectivity index (χ1n) is 6.03. The van der Waals surface area contributed by atoms with E-state index >= 15 is 0 Å². The summed E-state index contributed by atoms with van der Waals surface area (Å²) in [6, 6.07) is 4.72. The molecule has 0 bridgehead atoms. The van der Waals surface area contributed by atoms with E-state index in [2.05, 4.69) is 42.4 Å². The van der Waals surface area contributed by atoms with Crippen LogP contribution in [0.4, 0.5) is 5.69 Å². The molecular formula is C14H9Br2Cl3N2O2. The maximum Gasteiger partial charge on any atom is 0.167 e. The monoisotopic (exact) mass is 500 g/mol. The van der Waals surface area contributed by atoms with Crippen LogP contribution in [0.15, 0.2) is 32.2 Å². The molecule has 23 heavy (non-hydrogen) atoms. The molecule has 4 nitrogen and oxygen atoms in total. The van der Waals surface area contributed by atoms with Crippen molar-refractivity contribution in [1.82, 2.24) is 0 Å². The molecule has 0 saturated carbocycles. The van der Waals surface area contributed by atoms with E-state index in [-0.39, 0.29) is 5.75 Å². The molecule has 2 aromatic rings. The molecule has 122 valence electrons. The molecule has 0 unspecified atom stereocenters. The van der Waals surface area contributed by atoms with Crippen molar-refractivity contribution in [2.45, 2.75) is 0 Å². The average molecular weight is 503 g/mol. The Balaban J connectivity index is 2.34. The zero-order valence-corrected chi connectivity index (χ0v) is 16.9. The number of halogens is 5. The van der Waals surface area contributed by atoms with Crippen LogP contribution in [0.2, 0.25) is 15.1 Å². The number of aromatic hydroxyl groups is 1. The van der Waals surface area contributed by atoms with E-state index in [1.165, 1.54) is 13.3 Å². The lowest BCUT2D eigenvalue weighted by atomic mass is 10.2. The molecule has 0 amide bonds. The molecule has 0 radical (unpaired) electrons. The van der Waals surface area contributed by atoms with Gasteiger partial charge in [0.25, 0.3) is 0 Å². The Morgan fingerprint density at radius 3 is 2.35 bits per heavy atom.